The number of rotatable bonds is 15. The van der Waals surface area contributed by atoms with Crippen LogP contribution < -0.4 is 26.2 Å². The summed E-state index contributed by atoms with van der Waals surface area (Å²) in [5, 5.41) is 0. The van der Waals surface area contributed by atoms with Crippen molar-refractivity contribution in [2.24, 2.45) is 0 Å². The molecular formula is C84H65BN2. The Morgan fingerprint density at radius 1 is 0.253 bits per heavy atom. The van der Waals surface area contributed by atoms with Crippen molar-refractivity contribution in [3.63, 3.8) is 0 Å². The smallest absolute Gasteiger partial charge is 0.252 e. The topological polar surface area (TPSA) is 6.48 Å². The van der Waals surface area contributed by atoms with Crippen LogP contribution in [0.4, 0.5) is 34.1 Å². The minimum atomic E-state index is -0.165. The Bertz CT molecular complexity index is 4160. The SMILES string of the molecule is CCCCCCc1cc2c3c(c1)N(c1c(-c4ccccc4)cc(-c4ccccc4)cc1-c1ccccc1)c1ccc(-c4ccccc4)cc1B3c1cc(-c3ccccc3)ccc1N2c1c(-c2ccccc2)cc(-c2ccccc2)cc1-c1ccccc1. The summed E-state index contributed by atoms with van der Waals surface area (Å²) in [6.45, 7) is 2.15. The molecule has 87 heavy (non-hydrogen) atoms. The van der Waals surface area contributed by atoms with E-state index in [4.69, 9.17) is 0 Å². The molecule has 2 aliphatic rings. The van der Waals surface area contributed by atoms with E-state index in [0.717, 1.165) is 46.5 Å². The summed E-state index contributed by atoms with van der Waals surface area (Å²) < 4.78 is 0. The van der Waals surface area contributed by atoms with E-state index >= 15 is 0 Å². The van der Waals surface area contributed by atoms with Crippen molar-refractivity contribution in [1.29, 1.82) is 0 Å². The fourth-order valence-electron chi connectivity index (χ4n) is 13.8. The molecule has 0 saturated carbocycles. The molecule has 0 aromatic heterocycles. The average Bonchev–Trinajstić information content (AvgIpc) is 0.797. The van der Waals surface area contributed by atoms with E-state index in [1.165, 1.54) is 131 Å². The van der Waals surface area contributed by atoms with E-state index in [0.29, 0.717) is 0 Å². The molecule has 13 aromatic rings. The lowest BCUT2D eigenvalue weighted by molar-refractivity contribution is 0.667. The highest BCUT2D eigenvalue weighted by Crippen LogP contribution is 2.55. The van der Waals surface area contributed by atoms with E-state index in [9.17, 15) is 0 Å². The number of fused-ring (bicyclic) bond motifs is 4. The van der Waals surface area contributed by atoms with Crippen molar-refractivity contribution in [3.05, 3.63) is 321 Å². The molecule has 13 aromatic carbocycles. The normalized spacial score (nSPS) is 12.1. The molecule has 15 rings (SSSR count). The van der Waals surface area contributed by atoms with Crippen LogP contribution >= 0.6 is 0 Å². The third-order valence-electron chi connectivity index (χ3n) is 17.9. The lowest BCUT2D eigenvalue weighted by Gasteiger charge is -2.46. The van der Waals surface area contributed by atoms with Crippen LogP contribution in [0.3, 0.4) is 0 Å². The highest BCUT2D eigenvalue weighted by Gasteiger charge is 2.46. The predicted octanol–water partition coefficient (Wildman–Crippen LogP) is 21.2. The molecule has 0 atom stereocenters. The summed E-state index contributed by atoms with van der Waals surface area (Å²) in [7, 11) is 0. The summed E-state index contributed by atoms with van der Waals surface area (Å²) in [4.78, 5) is 5.40. The first-order valence-corrected chi connectivity index (χ1v) is 31.0. The molecule has 2 heterocycles. The molecule has 0 N–H and O–H groups in total. The zero-order valence-corrected chi connectivity index (χ0v) is 49.0. The van der Waals surface area contributed by atoms with Gasteiger partial charge in [0.05, 0.1) is 11.4 Å². The van der Waals surface area contributed by atoms with Gasteiger partial charge in [0, 0.05) is 45.0 Å². The van der Waals surface area contributed by atoms with Gasteiger partial charge in [0.25, 0.3) is 6.71 Å². The van der Waals surface area contributed by atoms with Gasteiger partial charge in [-0.05, 0) is 150 Å². The van der Waals surface area contributed by atoms with Crippen LogP contribution in [0.1, 0.15) is 38.2 Å². The van der Waals surface area contributed by atoms with Crippen LogP contribution in [0.2, 0.25) is 0 Å². The zero-order chi connectivity index (χ0) is 58.0. The summed E-state index contributed by atoms with van der Waals surface area (Å²) in [6, 6.07) is 118. The highest BCUT2D eigenvalue weighted by atomic mass is 15.2. The van der Waals surface area contributed by atoms with E-state index in [-0.39, 0.29) is 6.71 Å². The Kier molecular flexibility index (Phi) is 14.4. The van der Waals surface area contributed by atoms with Crippen molar-refractivity contribution in [2.75, 3.05) is 9.80 Å². The lowest BCUT2D eigenvalue weighted by atomic mass is 9.33. The molecule has 2 nitrogen and oxygen atoms in total. The third-order valence-corrected chi connectivity index (χ3v) is 17.9. The van der Waals surface area contributed by atoms with Gasteiger partial charge in [-0.2, -0.15) is 0 Å². The van der Waals surface area contributed by atoms with Crippen LogP contribution in [0.15, 0.2) is 315 Å². The van der Waals surface area contributed by atoms with Crippen molar-refractivity contribution in [2.45, 2.75) is 39.0 Å². The predicted molar refractivity (Wildman–Crippen MR) is 372 cm³/mol. The van der Waals surface area contributed by atoms with Gasteiger partial charge in [0.2, 0.25) is 0 Å². The van der Waals surface area contributed by atoms with Gasteiger partial charge >= 0.3 is 0 Å². The van der Waals surface area contributed by atoms with E-state index in [1.807, 2.05) is 0 Å². The lowest BCUT2D eigenvalue weighted by Crippen LogP contribution is -2.61. The highest BCUT2D eigenvalue weighted by molar-refractivity contribution is 7.00. The standard InChI is InChI=1S/C84H65BN2/c1-2-3-4-13-30-59-51-80-82-81(52-59)87(84-74(66-43-26-11-27-44-66)55-71(63-37-20-8-21-38-63)56-75(84)67-45-28-12-29-46-67)79-50-48-69(61-33-16-6-17-34-61)58-77(79)85(82)76-57-68(60-31-14-5-15-32-60)47-49-78(76)86(80)83-72(64-39-22-9-23-40-64)53-70(62-35-18-7-19-36-62)54-73(83)65-41-24-10-25-42-65/h5-12,14-29,31-58H,2-4,13,30H2,1H3. The van der Waals surface area contributed by atoms with Crippen LogP contribution in [0, 0.1) is 0 Å². The number of anilines is 6. The number of nitrogens with zero attached hydrogens (tertiary/aromatic N) is 2. The number of benzene rings is 13. The average molecular weight is 1110 g/mol. The molecule has 0 aliphatic carbocycles. The van der Waals surface area contributed by atoms with E-state index in [1.54, 1.807) is 0 Å². The molecule has 0 unspecified atom stereocenters. The van der Waals surface area contributed by atoms with Gasteiger partial charge in [0.15, 0.2) is 0 Å². The molecule has 0 fully saturated rings. The van der Waals surface area contributed by atoms with Crippen LogP contribution in [0.25, 0.3) is 89.0 Å². The van der Waals surface area contributed by atoms with Gasteiger partial charge < -0.3 is 9.80 Å². The Hall–Kier alpha value is -10.5. The summed E-state index contributed by atoms with van der Waals surface area (Å²) in [6.07, 6.45) is 5.59. The van der Waals surface area contributed by atoms with Gasteiger partial charge in [-0.25, -0.2) is 0 Å². The number of hydrogen-bond acceptors (Lipinski definition) is 2. The van der Waals surface area contributed by atoms with Crippen LogP contribution in [-0.2, 0) is 6.42 Å². The quantitative estimate of drug-likeness (QED) is 0.0746. The maximum atomic E-state index is 2.70. The number of unbranched alkanes of at least 4 members (excludes halogenated alkanes) is 3. The van der Waals surface area contributed by atoms with E-state index < -0.39 is 0 Å². The molecule has 0 spiro atoms. The fourth-order valence-corrected chi connectivity index (χ4v) is 13.8. The second kappa shape index (κ2) is 23.5. The molecule has 0 saturated heterocycles. The third kappa shape index (κ3) is 10.1. The molecular weight excluding hydrogens is 1050 g/mol. The fraction of sp³-hybridized carbons (Fsp3) is 0.0714. The Balaban J connectivity index is 1.12. The van der Waals surface area contributed by atoms with Crippen molar-refractivity contribution in [1.82, 2.24) is 0 Å². The molecule has 2 aliphatic heterocycles. The molecule has 0 radical (unpaired) electrons. The van der Waals surface area contributed by atoms with Gasteiger partial charge in [-0.15, -0.1) is 0 Å². The minimum Gasteiger partial charge on any atom is -0.310 e. The monoisotopic (exact) mass is 1110 g/mol. The minimum absolute atomic E-state index is 0.165. The number of aryl methyl sites for hydroxylation is 1. The second-order valence-corrected chi connectivity index (χ2v) is 23.3. The largest absolute Gasteiger partial charge is 0.310 e. The molecule has 0 amide bonds. The molecule has 414 valence electrons. The summed E-state index contributed by atoms with van der Waals surface area (Å²) in [5.74, 6) is 0. The molecule has 3 heteroatoms. The zero-order valence-electron chi connectivity index (χ0n) is 49.0. The van der Waals surface area contributed by atoms with E-state index in [2.05, 4.69) is 332 Å². The first-order valence-electron chi connectivity index (χ1n) is 31.0. The Morgan fingerprint density at radius 2 is 0.552 bits per heavy atom. The van der Waals surface area contributed by atoms with Crippen molar-refractivity contribution < 1.29 is 0 Å². The van der Waals surface area contributed by atoms with Crippen LogP contribution in [0.5, 0.6) is 0 Å². The van der Waals surface area contributed by atoms with Crippen LogP contribution in [-0.4, -0.2) is 6.71 Å². The molecule has 0 bridgehead atoms. The Morgan fingerprint density at radius 3 is 0.862 bits per heavy atom. The number of hydrogen-bond donors (Lipinski definition) is 0. The first kappa shape index (κ1) is 53.3. The van der Waals surface area contributed by atoms with Crippen molar-refractivity contribution >= 4 is 57.2 Å². The van der Waals surface area contributed by atoms with Gasteiger partial charge in [0.1, 0.15) is 0 Å². The first-order chi connectivity index (χ1) is 43.1. The van der Waals surface area contributed by atoms with Gasteiger partial charge in [-0.3, -0.25) is 0 Å². The van der Waals surface area contributed by atoms with Crippen molar-refractivity contribution in [3.8, 4) is 89.0 Å². The maximum Gasteiger partial charge on any atom is 0.252 e. The Labute approximate surface area is 513 Å². The maximum absolute atomic E-state index is 2.70. The van der Waals surface area contributed by atoms with Gasteiger partial charge in [-0.1, -0.05) is 293 Å². The summed E-state index contributed by atoms with van der Waals surface area (Å²) in [5.41, 5.74) is 31.0. The summed E-state index contributed by atoms with van der Waals surface area (Å²) >= 11 is 0. The second-order valence-electron chi connectivity index (χ2n) is 23.3.